The highest BCUT2D eigenvalue weighted by molar-refractivity contribution is 5.83. The van der Waals surface area contributed by atoms with Crippen LogP contribution in [0.25, 0.3) is 0 Å². The number of nitrogens with zero attached hydrogens (tertiary/aromatic N) is 2. The van der Waals surface area contributed by atoms with Crippen LogP contribution in [0.5, 0.6) is 0 Å². The molecular weight excluding hydrogens is 248 g/mol. The summed E-state index contributed by atoms with van der Waals surface area (Å²) in [4.78, 5) is 14.5. The van der Waals surface area contributed by atoms with Gasteiger partial charge in [-0.3, -0.25) is 4.79 Å². The van der Waals surface area contributed by atoms with Gasteiger partial charge in [-0.25, -0.2) is 0 Å². The first-order valence-electron chi connectivity index (χ1n) is 7.38. The first-order chi connectivity index (χ1) is 9.63. The molecule has 1 saturated heterocycles. The molecule has 1 aromatic carbocycles. The molecule has 2 fully saturated rings. The maximum Gasteiger partial charge on any atom is 0.226 e. The minimum Gasteiger partial charge on any atom is -0.342 e. The quantitative estimate of drug-likeness (QED) is 0.827. The van der Waals surface area contributed by atoms with Gasteiger partial charge < -0.3 is 4.90 Å². The molecular formula is C17H20N2O. The van der Waals surface area contributed by atoms with Crippen molar-refractivity contribution in [2.24, 2.45) is 11.3 Å². The van der Waals surface area contributed by atoms with Crippen molar-refractivity contribution in [2.45, 2.75) is 32.1 Å². The van der Waals surface area contributed by atoms with Crippen LogP contribution in [0, 0.1) is 22.7 Å². The van der Waals surface area contributed by atoms with Crippen molar-refractivity contribution in [3.05, 3.63) is 35.9 Å². The van der Waals surface area contributed by atoms with Gasteiger partial charge in [-0.1, -0.05) is 30.3 Å². The van der Waals surface area contributed by atoms with E-state index < -0.39 is 0 Å². The van der Waals surface area contributed by atoms with Gasteiger partial charge in [0, 0.05) is 19.0 Å². The maximum atomic E-state index is 12.5. The van der Waals surface area contributed by atoms with Gasteiger partial charge in [0.25, 0.3) is 0 Å². The Kier molecular flexibility index (Phi) is 3.25. The third-order valence-electron chi connectivity index (χ3n) is 4.78. The van der Waals surface area contributed by atoms with E-state index in [0.717, 1.165) is 32.4 Å². The van der Waals surface area contributed by atoms with Gasteiger partial charge in [-0.05, 0) is 37.7 Å². The molecule has 0 aromatic heterocycles. The van der Waals surface area contributed by atoms with E-state index in [0.29, 0.717) is 11.8 Å². The average Bonchev–Trinajstić information content (AvgIpc) is 3.29. The zero-order chi connectivity index (χ0) is 14.2. The summed E-state index contributed by atoms with van der Waals surface area (Å²) < 4.78 is 0. The minimum absolute atomic E-state index is 0.170. The fraction of sp³-hybridized carbons (Fsp3) is 0.529. The van der Waals surface area contributed by atoms with Crippen molar-refractivity contribution >= 4 is 5.91 Å². The zero-order valence-electron chi connectivity index (χ0n) is 11.9. The number of piperidine rings is 1. The van der Waals surface area contributed by atoms with E-state index in [1.54, 1.807) is 0 Å². The standard InChI is InChI=1S/C17H20N2O/c1-17(12-18)7-9-19(10-8-17)16(20)15-11-14(15)13-5-3-2-4-6-13/h2-6,14-15H,7-11H2,1H3. The molecule has 104 valence electrons. The number of hydrogen-bond donors (Lipinski definition) is 0. The molecule has 1 aromatic rings. The molecule has 2 aliphatic rings. The Labute approximate surface area is 120 Å². The van der Waals surface area contributed by atoms with Crippen LogP contribution in [0.1, 0.15) is 37.7 Å². The molecule has 0 spiro atoms. The summed E-state index contributed by atoms with van der Waals surface area (Å²) >= 11 is 0. The lowest BCUT2D eigenvalue weighted by atomic mass is 9.82. The molecule has 2 atom stereocenters. The summed E-state index contributed by atoms with van der Waals surface area (Å²) in [6, 6.07) is 12.7. The summed E-state index contributed by atoms with van der Waals surface area (Å²) in [6.45, 7) is 3.47. The van der Waals surface area contributed by atoms with Crippen LogP contribution >= 0.6 is 0 Å². The second-order valence-corrected chi connectivity index (χ2v) is 6.36. The van der Waals surface area contributed by atoms with Crippen LogP contribution in [0.4, 0.5) is 0 Å². The number of likely N-dealkylation sites (tertiary alicyclic amines) is 1. The summed E-state index contributed by atoms with van der Waals surface area (Å²) in [5.41, 5.74) is 1.05. The summed E-state index contributed by atoms with van der Waals surface area (Å²) in [7, 11) is 0. The van der Waals surface area contributed by atoms with Crippen molar-refractivity contribution in [2.75, 3.05) is 13.1 Å². The van der Waals surface area contributed by atoms with Gasteiger partial charge >= 0.3 is 0 Å². The van der Waals surface area contributed by atoms with Crippen molar-refractivity contribution < 1.29 is 4.79 Å². The Hall–Kier alpha value is -1.82. The number of carbonyl (C=O) groups excluding carboxylic acids is 1. The topological polar surface area (TPSA) is 44.1 Å². The molecule has 20 heavy (non-hydrogen) atoms. The zero-order valence-corrected chi connectivity index (χ0v) is 11.9. The number of benzene rings is 1. The Balaban J connectivity index is 1.59. The lowest BCUT2D eigenvalue weighted by Crippen LogP contribution is -2.42. The smallest absolute Gasteiger partial charge is 0.226 e. The monoisotopic (exact) mass is 268 g/mol. The van der Waals surface area contributed by atoms with E-state index in [2.05, 4.69) is 18.2 Å². The lowest BCUT2D eigenvalue weighted by molar-refractivity contribution is -0.134. The summed E-state index contributed by atoms with van der Waals surface area (Å²) in [5, 5.41) is 9.13. The number of carbonyl (C=O) groups is 1. The largest absolute Gasteiger partial charge is 0.342 e. The van der Waals surface area contributed by atoms with Crippen molar-refractivity contribution in [1.29, 1.82) is 5.26 Å². The second kappa shape index (κ2) is 4.94. The Morgan fingerprint density at radius 3 is 2.55 bits per heavy atom. The fourth-order valence-electron chi connectivity index (χ4n) is 3.10. The third-order valence-corrected chi connectivity index (χ3v) is 4.78. The van der Waals surface area contributed by atoms with E-state index >= 15 is 0 Å². The SMILES string of the molecule is CC1(C#N)CCN(C(=O)C2CC2c2ccccc2)CC1. The summed E-state index contributed by atoms with van der Waals surface area (Å²) in [5.74, 6) is 0.871. The van der Waals surface area contributed by atoms with E-state index in [9.17, 15) is 4.79 Å². The molecule has 3 rings (SSSR count). The van der Waals surface area contributed by atoms with E-state index in [-0.39, 0.29) is 11.3 Å². The molecule has 1 heterocycles. The predicted molar refractivity (Wildman–Crippen MR) is 76.8 cm³/mol. The highest BCUT2D eigenvalue weighted by Crippen LogP contribution is 2.48. The van der Waals surface area contributed by atoms with Gasteiger partial charge in [-0.2, -0.15) is 5.26 Å². The number of hydrogen-bond acceptors (Lipinski definition) is 2. The molecule has 1 saturated carbocycles. The molecule has 0 N–H and O–H groups in total. The highest BCUT2D eigenvalue weighted by atomic mass is 16.2. The predicted octanol–water partition coefficient (Wildman–Crippen LogP) is 2.94. The molecule has 0 radical (unpaired) electrons. The van der Waals surface area contributed by atoms with E-state index in [1.807, 2.05) is 30.0 Å². The van der Waals surface area contributed by atoms with Crippen LogP contribution in [0.15, 0.2) is 30.3 Å². The van der Waals surface area contributed by atoms with Gasteiger partial charge in [0.05, 0.1) is 11.5 Å². The maximum absolute atomic E-state index is 12.5. The normalized spacial score (nSPS) is 27.7. The van der Waals surface area contributed by atoms with Crippen LogP contribution in [-0.4, -0.2) is 23.9 Å². The lowest BCUT2D eigenvalue weighted by Gasteiger charge is -2.35. The van der Waals surface area contributed by atoms with Crippen molar-refractivity contribution in [1.82, 2.24) is 4.90 Å². The first kappa shape index (κ1) is 13.2. The van der Waals surface area contributed by atoms with Gasteiger partial charge in [0.1, 0.15) is 0 Å². The van der Waals surface area contributed by atoms with E-state index in [4.69, 9.17) is 5.26 Å². The molecule has 1 amide bonds. The van der Waals surface area contributed by atoms with Crippen LogP contribution in [0.3, 0.4) is 0 Å². The van der Waals surface area contributed by atoms with Crippen LogP contribution in [-0.2, 0) is 4.79 Å². The average molecular weight is 268 g/mol. The number of amides is 1. The van der Waals surface area contributed by atoms with Crippen molar-refractivity contribution in [3.63, 3.8) is 0 Å². The molecule has 3 nitrogen and oxygen atoms in total. The number of nitriles is 1. The first-order valence-corrected chi connectivity index (χ1v) is 7.38. The minimum atomic E-state index is -0.237. The summed E-state index contributed by atoms with van der Waals surface area (Å²) in [6.07, 6.45) is 2.59. The Morgan fingerprint density at radius 2 is 1.95 bits per heavy atom. The molecule has 1 aliphatic carbocycles. The Bertz CT molecular complexity index is 538. The number of rotatable bonds is 2. The van der Waals surface area contributed by atoms with Gasteiger partial charge in [0.2, 0.25) is 5.91 Å². The fourth-order valence-corrected chi connectivity index (χ4v) is 3.10. The molecule has 3 heteroatoms. The van der Waals surface area contributed by atoms with Crippen molar-refractivity contribution in [3.8, 4) is 6.07 Å². The van der Waals surface area contributed by atoms with Gasteiger partial charge in [-0.15, -0.1) is 0 Å². The second-order valence-electron chi connectivity index (χ2n) is 6.36. The highest BCUT2D eigenvalue weighted by Gasteiger charge is 2.46. The van der Waals surface area contributed by atoms with E-state index in [1.165, 1.54) is 5.56 Å². The van der Waals surface area contributed by atoms with Crippen LogP contribution in [0.2, 0.25) is 0 Å². The Morgan fingerprint density at radius 1 is 1.30 bits per heavy atom. The molecule has 2 unspecified atom stereocenters. The van der Waals surface area contributed by atoms with Crippen LogP contribution < -0.4 is 0 Å². The molecule has 0 bridgehead atoms. The van der Waals surface area contributed by atoms with Gasteiger partial charge in [0.15, 0.2) is 0 Å². The third kappa shape index (κ3) is 2.43. The molecule has 1 aliphatic heterocycles.